The van der Waals surface area contributed by atoms with Gasteiger partial charge in [0.1, 0.15) is 11.5 Å². The maximum atomic E-state index is 14.2. The first-order valence-electron chi connectivity index (χ1n) is 15.8. The van der Waals surface area contributed by atoms with E-state index in [0.717, 1.165) is 12.8 Å². The molecule has 3 N–H and O–H groups in total. The number of aliphatic hydroxyl groups excluding tert-OH is 1. The minimum absolute atomic E-state index is 0.0558. The zero-order valence-electron chi connectivity index (χ0n) is 28.0. The van der Waals surface area contributed by atoms with E-state index in [1.165, 1.54) is 30.6 Å². The lowest BCUT2D eigenvalue weighted by Crippen LogP contribution is -2.48. The summed E-state index contributed by atoms with van der Waals surface area (Å²) in [4.78, 5) is 28.4. The van der Waals surface area contributed by atoms with Gasteiger partial charge in [0.15, 0.2) is 0 Å². The standard InChI is InChI=1S/C33H50N4O8S/c1-22(2)34-33(40)35-26-11-16-30-29(18-26)32(39)37(24(4)21-38)19-23(3)31(44-17-9-8-10-25(5)45-30)20-36(6)46(41,42)28-14-12-27(43-7)13-15-28/h11-16,18,22-25,31,38H,8-10,17,19-21H2,1-7H3,(H2,34,35,40)/t23-,24-,25+,31-/m1/s1. The highest BCUT2D eigenvalue weighted by Crippen LogP contribution is 2.29. The third-order valence-corrected chi connectivity index (χ3v) is 9.77. The van der Waals surface area contributed by atoms with Crippen molar-refractivity contribution < 1.29 is 37.3 Å². The van der Waals surface area contributed by atoms with Crippen LogP contribution in [0.4, 0.5) is 10.5 Å². The van der Waals surface area contributed by atoms with Crippen molar-refractivity contribution in [1.82, 2.24) is 14.5 Å². The fourth-order valence-electron chi connectivity index (χ4n) is 5.17. The lowest BCUT2D eigenvalue weighted by Gasteiger charge is -2.35. The molecule has 46 heavy (non-hydrogen) atoms. The van der Waals surface area contributed by atoms with E-state index in [-0.39, 0.29) is 48.2 Å². The van der Waals surface area contributed by atoms with Crippen molar-refractivity contribution in [2.75, 3.05) is 45.8 Å². The number of carbonyl (C=O) groups excluding carboxylic acids is 2. The summed E-state index contributed by atoms with van der Waals surface area (Å²) in [5.74, 6) is 0.218. The molecule has 13 heteroatoms. The molecule has 0 aromatic heterocycles. The second-order valence-corrected chi connectivity index (χ2v) is 14.3. The number of aliphatic hydroxyl groups is 1. The lowest BCUT2D eigenvalue weighted by molar-refractivity contribution is -0.00834. The Bertz CT molecular complexity index is 1400. The Morgan fingerprint density at radius 1 is 1.13 bits per heavy atom. The summed E-state index contributed by atoms with van der Waals surface area (Å²) < 4.78 is 45.9. The van der Waals surface area contributed by atoms with Crippen molar-refractivity contribution >= 4 is 27.6 Å². The van der Waals surface area contributed by atoms with E-state index < -0.39 is 34.1 Å². The summed E-state index contributed by atoms with van der Waals surface area (Å²) in [7, 11) is -0.813. The Kier molecular flexibility index (Phi) is 13.7. The summed E-state index contributed by atoms with van der Waals surface area (Å²) in [5, 5.41) is 15.7. The van der Waals surface area contributed by atoms with Crippen LogP contribution in [0.15, 0.2) is 47.4 Å². The van der Waals surface area contributed by atoms with Gasteiger partial charge < -0.3 is 34.9 Å². The van der Waals surface area contributed by atoms with Crippen LogP contribution < -0.4 is 20.1 Å². The number of nitrogens with zero attached hydrogens (tertiary/aromatic N) is 2. The van der Waals surface area contributed by atoms with Gasteiger partial charge in [0.25, 0.3) is 5.91 Å². The molecule has 3 rings (SSSR count). The predicted octanol–water partition coefficient (Wildman–Crippen LogP) is 4.34. The summed E-state index contributed by atoms with van der Waals surface area (Å²) in [6.45, 7) is 9.61. The molecule has 0 spiro atoms. The number of fused-ring (bicyclic) bond motifs is 1. The van der Waals surface area contributed by atoms with E-state index in [1.54, 1.807) is 42.2 Å². The molecule has 0 unspecified atom stereocenters. The quantitative estimate of drug-likeness (QED) is 0.360. The molecular formula is C33H50N4O8S. The number of likely N-dealkylation sites (N-methyl/N-ethyl adjacent to an activating group) is 1. The van der Waals surface area contributed by atoms with Crippen molar-refractivity contribution in [3.63, 3.8) is 0 Å². The first-order chi connectivity index (χ1) is 21.8. The third-order valence-electron chi connectivity index (χ3n) is 7.93. The maximum absolute atomic E-state index is 14.2. The zero-order chi connectivity index (χ0) is 34.0. The normalized spacial score (nSPS) is 20.8. The highest BCUT2D eigenvalue weighted by Gasteiger charge is 2.32. The third kappa shape index (κ3) is 10.1. The van der Waals surface area contributed by atoms with Gasteiger partial charge in [-0.2, -0.15) is 4.31 Å². The number of urea groups is 1. The number of hydrogen-bond acceptors (Lipinski definition) is 8. The predicted molar refractivity (Wildman–Crippen MR) is 177 cm³/mol. The molecule has 0 radical (unpaired) electrons. The average molecular weight is 663 g/mol. The largest absolute Gasteiger partial charge is 0.497 e. The molecule has 1 aliphatic rings. The molecule has 0 saturated heterocycles. The van der Waals surface area contributed by atoms with Gasteiger partial charge in [0.2, 0.25) is 10.0 Å². The lowest BCUT2D eigenvalue weighted by atomic mass is 10.0. The summed E-state index contributed by atoms with van der Waals surface area (Å²) >= 11 is 0. The molecule has 0 saturated carbocycles. The minimum atomic E-state index is -3.84. The van der Waals surface area contributed by atoms with Gasteiger partial charge in [-0.25, -0.2) is 13.2 Å². The molecule has 0 aliphatic carbocycles. The summed E-state index contributed by atoms with van der Waals surface area (Å²) in [6.07, 6.45) is 1.48. The molecule has 256 valence electrons. The van der Waals surface area contributed by atoms with Crippen LogP contribution in [0, 0.1) is 5.92 Å². The Morgan fingerprint density at radius 3 is 2.46 bits per heavy atom. The fourth-order valence-corrected chi connectivity index (χ4v) is 6.35. The van der Waals surface area contributed by atoms with Crippen molar-refractivity contribution in [2.24, 2.45) is 5.92 Å². The minimum Gasteiger partial charge on any atom is -0.497 e. The van der Waals surface area contributed by atoms with Gasteiger partial charge in [-0.3, -0.25) is 4.79 Å². The molecule has 1 heterocycles. The topological polar surface area (TPSA) is 147 Å². The van der Waals surface area contributed by atoms with E-state index in [0.29, 0.717) is 30.2 Å². The number of nitrogens with one attached hydrogen (secondary N) is 2. The monoisotopic (exact) mass is 662 g/mol. The Labute approximate surface area is 273 Å². The van der Waals surface area contributed by atoms with Crippen LogP contribution in [0.1, 0.15) is 64.2 Å². The molecule has 4 atom stereocenters. The second-order valence-electron chi connectivity index (χ2n) is 12.2. The SMILES string of the molecule is COc1ccc(S(=O)(=O)N(C)C[C@H]2OCCCC[C@H](C)Oc3ccc(NC(=O)NC(C)C)cc3C(=O)N([C@H](C)CO)C[C@H]2C)cc1. The van der Waals surface area contributed by atoms with E-state index in [9.17, 15) is 23.1 Å². The van der Waals surface area contributed by atoms with Gasteiger partial charge in [-0.1, -0.05) is 6.92 Å². The van der Waals surface area contributed by atoms with Gasteiger partial charge in [0, 0.05) is 44.4 Å². The number of anilines is 1. The fraction of sp³-hybridized carbons (Fsp3) is 0.576. The van der Waals surface area contributed by atoms with E-state index in [4.69, 9.17) is 14.2 Å². The molecule has 1 aliphatic heterocycles. The average Bonchev–Trinajstić information content (AvgIpc) is 3.01. The van der Waals surface area contributed by atoms with Crippen LogP contribution in [0.3, 0.4) is 0 Å². The van der Waals surface area contributed by atoms with E-state index in [1.807, 2.05) is 27.7 Å². The summed E-state index contributed by atoms with van der Waals surface area (Å²) in [6, 6.07) is 10.1. The highest BCUT2D eigenvalue weighted by atomic mass is 32.2. The number of ether oxygens (including phenoxy) is 3. The zero-order valence-corrected chi connectivity index (χ0v) is 28.8. The number of benzene rings is 2. The molecule has 3 amide bonds. The van der Waals surface area contributed by atoms with Crippen LogP contribution in [0.2, 0.25) is 0 Å². The highest BCUT2D eigenvalue weighted by molar-refractivity contribution is 7.89. The number of methoxy groups -OCH3 is 1. The van der Waals surface area contributed by atoms with Gasteiger partial charge in [-0.05, 0) is 89.4 Å². The number of hydrogen-bond donors (Lipinski definition) is 3. The first-order valence-corrected chi connectivity index (χ1v) is 17.2. The number of amides is 3. The number of rotatable bonds is 9. The van der Waals surface area contributed by atoms with Gasteiger partial charge in [0.05, 0.1) is 42.4 Å². The molecule has 0 bridgehead atoms. The van der Waals surface area contributed by atoms with Crippen LogP contribution in [0.5, 0.6) is 11.5 Å². The van der Waals surface area contributed by atoms with Crippen molar-refractivity contribution in [2.45, 2.75) is 83.1 Å². The van der Waals surface area contributed by atoms with Crippen LogP contribution in [0.25, 0.3) is 0 Å². The van der Waals surface area contributed by atoms with Crippen molar-refractivity contribution in [1.29, 1.82) is 0 Å². The molecule has 12 nitrogen and oxygen atoms in total. The van der Waals surface area contributed by atoms with E-state index >= 15 is 0 Å². The smallest absolute Gasteiger partial charge is 0.319 e. The molecule has 2 aromatic rings. The van der Waals surface area contributed by atoms with Crippen LogP contribution >= 0.6 is 0 Å². The molecule has 2 aromatic carbocycles. The number of sulfonamides is 1. The van der Waals surface area contributed by atoms with Crippen LogP contribution in [-0.2, 0) is 14.8 Å². The Balaban J connectivity index is 1.95. The van der Waals surface area contributed by atoms with Gasteiger partial charge in [-0.15, -0.1) is 0 Å². The first kappa shape index (κ1) is 37.1. The van der Waals surface area contributed by atoms with Gasteiger partial charge >= 0.3 is 6.03 Å². The Morgan fingerprint density at radius 2 is 1.83 bits per heavy atom. The summed E-state index contributed by atoms with van der Waals surface area (Å²) in [5.41, 5.74) is 0.661. The van der Waals surface area contributed by atoms with Crippen LogP contribution in [-0.4, -0.2) is 99.4 Å². The van der Waals surface area contributed by atoms with Crippen molar-refractivity contribution in [3.8, 4) is 11.5 Å². The van der Waals surface area contributed by atoms with Crippen molar-refractivity contribution in [3.05, 3.63) is 48.0 Å². The molecular weight excluding hydrogens is 612 g/mol. The second kappa shape index (κ2) is 17.0. The Hall–Kier alpha value is -3.39. The maximum Gasteiger partial charge on any atom is 0.319 e. The van der Waals surface area contributed by atoms with E-state index in [2.05, 4.69) is 10.6 Å². The molecule has 0 fully saturated rings. The number of carbonyl (C=O) groups is 2.